The summed E-state index contributed by atoms with van der Waals surface area (Å²) >= 11 is 0. The Morgan fingerprint density at radius 1 is 0.955 bits per heavy atom. The van der Waals surface area contributed by atoms with E-state index < -0.39 is 17.3 Å². The molecule has 3 aromatic carbocycles. The second-order valence-corrected chi connectivity index (χ2v) is 12.0. The van der Waals surface area contributed by atoms with Gasteiger partial charge in [0.15, 0.2) is 12.2 Å². The number of oxazole rings is 1. The number of benzene rings is 3. The standard InChI is InChI=1S/C34H39N3O6.H2S/c1-34(2,3)43-32(39)23-41-27-13-9-12-26(20-27)28(22-36-16-7-8-17-36)35-31(38)19-25-14-15-30-29(18-25)37(33(40)42-30)21-24-10-5-4-6-11-24;/h4-6,9-15,18,20,28H,7-8,16-17,19,21-23H2,1-3H3,(H,35,38);1H2/t28-;/m1./s1. The number of nitrogens with one attached hydrogen (secondary N) is 1. The molecule has 1 aliphatic rings. The van der Waals surface area contributed by atoms with Gasteiger partial charge < -0.3 is 24.1 Å². The molecule has 9 nitrogen and oxygen atoms in total. The monoisotopic (exact) mass is 619 g/mol. The van der Waals surface area contributed by atoms with Crippen molar-refractivity contribution in [3.8, 4) is 5.75 Å². The van der Waals surface area contributed by atoms with Crippen LogP contribution in [0.25, 0.3) is 11.1 Å². The molecule has 1 N–H and O–H groups in total. The van der Waals surface area contributed by atoms with E-state index in [1.807, 2.05) is 81.4 Å². The fourth-order valence-corrected chi connectivity index (χ4v) is 5.36. The molecule has 234 valence electrons. The second-order valence-electron chi connectivity index (χ2n) is 12.0. The highest BCUT2D eigenvalue weighted by Gasteiger charge is 2.22. The Kier molecular flexibility index (Phi) is 10.9. The molecule has 1 amide bonds. The van der Waals surface area contributed by atoms with Crippen LogP contribution in [-0.2, 0) is 27.3 Å². The van der Waals surface area contributed by atoms with Crippen LogP contribution in [0, 0.1) is 0 Å². The zero-order valence-electron chi connectivity index (χ0n) is 25.5. The molecule has 1 fully saturated rings. The maximum atomic E-state index is 13.4. The van der Waals surface area contributed by atoms with Crippen LogP contribution in [0.4, 0.5) is 0 Å². The number of carbonyl (C=O) groups is 2. The first-order valence-electron chi connectivity index (χ1n) is 14.8. The van der Waals surface area contributed by atoms with Crippen molar-refractivity contribution in [1.82, 2.24) is 14.8 Å². The first-order valence-corrected chi connectivity index (χ1v) is 14.8. The normalized spacial score (nSPS) is 14.2. The molecule has 44 heavy (non-hydrogen) atoms. The van der Waals surface area contributed by atoms with E-state index in [0.717, 1.165) is 42.6 Å². The van der Waals surface area contributed by atoms with Crippen LogP contribution in [0.2, 0.25) is 0 Å². The number of hydrogen-bond acceptors (Lipinski definition) is 7. The number of rotatable bonds is 11. The van der Waals surface area contributed by atoms with Gasteiger partial charge >= 0.3 is 11.7 Å². The Morgan fingerprint density at radius 2 is 1.70 bits per heavy atom. The van der Waals surface area contributed by atoms with Gasteiger partial charge in [-0.15, -0.1) is 0 Å². The average molecular weight is 620 g/mol. The Bertz CT molecular complexity index is 1620. The highest BCUT2D eigenvalue weighted by Crippen LogP contribution is 2.23. The summed E-state index contributed by atoms with van der Waals surface area (Å²) in [5, 5.41) is 3.22. The van der Waals surface area contributed by atoms with E-state index in [4.69, 9.17) is 13.9 Å². The van der Waals surface area contributed by atoms with Gasteiger partial charge in [-0.1, -0.05) is 48.5 Å². The van der Waals surface area contributed by atoms with Gasteiger partial charge in [-0.3, -0.25) is 9.36 Å². The van der Waals surface area contributed by atoms with Gasteiger partial charge in [0.2, 0.25) is 5.91 Å². The van der Waals surface area contributed by atoms with Crippen molar-refractivity contribution in [3.05, 3.63) is 100 Å². The zero-order chi connectivity index (χ0) is 30.4. The van der Waals surface area contributed by atoms with Crippen molar-refractivity contribution in [2.45, 2.75) is 58.2 Å². The SMILES string of the molecule is CC(C)(C)OC(=O)COc1cccc([C@@H](CN2CCCC2)NC(=O)Cc2ccc3oc(=O)n(Cc4ccccc4)c3c2)c1.S. The predicted molar refractivity (Wildman–Crippen MR) is 174 cm³/mol. The molecule has 5 rings (SSSR count). The Balaban J connectivity index is 0.00000442. The molecule has 1 saturated heterocycles. The fourth-order valence-electron chi connectivity index (χ4n) is 5.36. The lowest BCUT2D eigenvalue weighted by molar-refractivity contribution is -0.157. The number of likely N-dealkylation sites (tertiary alicyclic amines) is 1. The Hall–Kier alpha value is -4.02. The van der Waals surface area contributed by atoms with Crippen molar-refractivity contribution in [3.63, 3.8) is 0 Å². The lowest BCUT2D eigenvalue weighted by Gasteiger charge is -2.25. The zero-order valence-corrected chi connectivity index (χ0v) is 26.5. The summed E-state index contributed by atoms with van der Waals surface area (Å²) in [7, 11) is 0. The molecular weight excluding hydrogens is 578 g/mol. The minimum absolute atomic E-state index is 0. The van der Waals surface area contributed by atoms with Gasteiger partial charge in [-0.25, -0.2) is 9.59 Å². The molecule has 4 aromatic rings. The van der Waals surface area contributed by atoms with Crippen LogP contribution < -0.4 is 15.8 Å². The number of esters is 1. The predicted octanol–water partition coefficient (Wildman–Crippen LogP) is 4.97. The van der Waals surface area contributed by atoms with Crippen LogP contribution in [0.15, 0.2) is 82.0 Å². The highest BCUT2D eigenvalue weighted by atomic mass is 32.1. The third kappa shape index (κ3) is 9.00. The number of hydrogen-bond donors (Lipinski definition) is 1. The third-order valence-electron chi connectivity index (χ3n) is 7.29. The maximum Gasteiger partial charge on any atom is 0.420 e. The van der Waals surface area contributed by atoms with Crippen molar-refractivity contribution in [2.24, 2.45) is 0 Å². The summed E-state index contributed by atoms with van der Waals surface area (Å²) in [6.45, 7) is 8.26. The quantitative estimate of drug-likeness (QED) is 0.237. The molecule has 2 heterocycles. The van der Waals surface area contributed by atoms with Gasteiger partial charge in [0.05, 0.1) is 24.5 Å². The summed E-state index contributed by atoms with van der Waals surface area (Å²) in [6.07, 6.45) is 2.41. The van der Waals surface area contributed by atoms with Crippen LogP contribution in [0.1, 0.15) is 56.3 Å². The molecule has 0 saturated carbocycles. The van der Waals surface area contributed by atoms with Gasteiger partial charge in [0, 0.05) is 6.54 Å². The molecule has 1 aliphatic heterocycles. The summed E-state index contributed by atoms with van der Waals surface area (Å²) in [4.78, 5) is 40.5. The third-order valence-corrected chi connectivity index (χ3v) is 7.29. The maximum absolute atomic E-state index is 13.4. The summed E-state index contributed by atoms with van der Waals surface area (Å²) in [6, 6.07) is 22.3. The minimum Gasteiger partial charge on any atom is -0.482 e. The van der Waals surface area contributed by atoms with E-state index in [9.17, 15) is 14.4 Å². The summed E-state index contributed by atoms with van der Waals surface area (Å²) in [5.74, 6) is -0.474. The van der Waals surface area contributed by atoms with Crippen molar-refractivity contribution < 1.29 is 23.5 Å². The lowest BCUT2D eigenvalue weighted by atomic mass is 10.0. The number of ether oxygens (including phenoxy) is 2. The highest BCUT2D eigenvalue weighted by molar-refractivity contribution is 7.59. The van der Waals surface area contributed by atoms with E-state index in [1.54, 1.807) is 16.7 Å². The van der Waals surface area contributed by atoms with Gasteiger partial charge in [0.25, 0.3) is 0 Å². The molecule has 0 bridgehead atoms. The van der Waals surface area contributed by atoms with E-state index in [-0.39, 0.29) is 38.5 Å². The van der Waals surface area contributed by atoms with E-state index in [0.29, 0.717) is 29.9 Å². The van der Waals surface area contributed by atoms with Crippen LogP contribution in [0.3, 0.4) is 0 Å². The average Bonchev–Trinajstić information content (AvgIpc) is 3.59. The Labute approximate surface area is 264 Å². The van der Waals surface area contributed by atoms with E-state index in [1.165, 1.54) is 0 Å². The minimum atomic E-state index is -0.588. The second kappa shape index (κ2) is 14.6. The van der Waals surface area contributed by atoms with Gasteiger partial charge in [-0.05, 0) is 87.7 Å². The molecule has 0 spiro atoms. The Morgan fingerprint density at radius 3 is 2.43 bits per heavy atom. The van der Waals surface area contributed by atoms with E-state index in [2.05, 4.69) is 10.2 Å². The lowest BCUT2D eigenvalue weighted by Crippen LogP contribution is -2.37. The van der Waals surface area contributed by atoms with Gasteiger partial charge in [-0.2, -0.15) is 13.5 Å². The molecule has 1 atom stereocenters. The van der Waals surface area contributed by atoms with Crippen LogP contribution in [-0.4, -0.2) is 53.2 Å². The van der Waals surface area contributed by atoms with Gasteiger partial charge in [0.1, 0.15) is 11.4 Å². The summed E-state index contributed by atoms with van der Waals surface area (Å²) in [5.41, 5.74) is 3.21. The smallest absolute Gasteiger partial charge is 0.420 e. The summed E-state index contributed by atoms with van der Waals surface area (Å²) < 4.78 is 18.1. The van der Waals surface area contributed by atoms with E-state index >= 15 is 0 Å². The van der Waals surface area contributed by atoms with Crippen molar-refractivity contribution in [2.75, 3.05) is 26.2 Å². The molecule has 0 unspecified atom stereocenters. The first kappa shape index (κ1) is 32.9. The number of fused-ring (bicyclic) bond motifs is 1. The van der Waals surface area contributed by atoms with Crippen molar-refractivity contribution >= 4 is 36.5 Å². The first-order chi connectivity index (χ1) is 20.6. The molecule has 10 heteroatoms. The van der Waals surface area contributed by atoms with Crippen molar-refractivity contribution in [1.29, 1.82) is 0 Å². The number of carbonyl (C=O) groups excluding carboxylic acids is 2. The largest absolute Gasteiger partial charge is 0.482 e. The number of aromatic nitrogens is 1. The molecule has 0 radical (unpaired) electrons. The topological polar surface area (TPSA) is 103 Å². The van der Waals surface area contributed by atoms with Crippen LogP contribution in [0.5, 0.6) is 5.75 Å². The molecular formula is C34H41N3O6S. The number of amides is 1. The van der Waals surface area contributed by atoms with Crippen LogP contribution >= 0.6 is 13.5 Å². The fraction of sp³-hybridized carbons (Fsp3) is 0.382. The molecule has 1 aromatic heterocycles. The number of nitrogens with zero attached hydrogens (tertiary/aromatic N) is 2. The molecule has 0 aliphatic carbocycles.